The first-order valence-electron chi connectivity index (χ1n) is 12.6. The van der Waals surface area contributed by atoms with E-state index in [0.29, 0.717) is 16.3 Å². The highest BCUT2D eigenvalue weighted by Crippen LogP contribution is 2.42. The van der Waals surface area contributed by atoms with Gasteiger partial charge in [0.2, 0.25) is 5.91 Å². The van der Waals surface area contributed by atoms with Gasteiger partial charge < -0.3 is 5.32 Å². The third-order valence-electron chi connectivity index (χ3n) is 6.74. The molecule has 2 aromatic rings. The van der Waals surface area contributed by atoms with Gasteiger partial charge in [0.1, 0.15) is 0 Å². The highest BCUT2D eigenvalue weighted by Gasteiger charge is 2.28. The monoisotopic (exact) mass is 497 g/mol. The summed E-state index contributed by atoms with van der Waals surface area (Å²) < 4.78 is 0. The van der Waals surface area contributed by atoms with E-state index in [0.717, 1.165) is 16.8 Å². The summed E-state index contributed by atoms with van der Waals surface area (Å²) in [7, 11) is 0. The molecule has 2 atom stereocenters. The topological polar surface area (TPSA) is 29.1 Å². The summed E-state index contributed by atoms with van der Waals surface area (Å²) in [5.74, 6) is 0.631. The van der Waals surface area contributed by atoms with E-state index in [4.69, 9.17) is 0 Å². The molecule has 186 valence electrons. The molecule has 0 radical (unpaired) electrons. The Balaban J connectivity index is 1.71. The largest absolute Gasteiger partial charge is 0.325 e. The van der Waals surface area contributed by atoms with Crippen LogP contribution in [0.4, 0.5) is 5.69 Å². The molecule has 0 unspecified atom stereocenters. The maximum atomic E-state index is 12.8. The first-order valence-corrected chi connectivity index (χ1v) is 14.6. The number of benzene rings is 2. The molecular weight excluding hydrogens is 454 g/mol. The van der Waals surface area contributed by atoms with E-state index in [2.05, 4.69) is 91.0 Å². The number of rotatable bonds is 6. The van der Waals surface area contributed by atoms with Crippen molar-refractivity contribution in [1.29, 1.82) is 0 Å². The molecule has 0 saturated heterocycles. The molecule has 1 aliphatic rings. The van der Waals surface area contributed by atoms with Crippen LogP contribution in [0, 0.1) is 13.8 Å². The number of anilines is 1. The highest BCUT2D eigenvalue weighted by molar-refractivity contribution is 8.04. The van der Waals surface area contributed by atoms with Crippen LogP contribution in [0.15, 0.2) is 41.3 Å². The van der Waals surface area contributed by atoms with Crippen LogP contribution in [-0.4, -0.2) is 22.2 Å². The molecule has 0 spiro atoms. The molecular formula is C30H43NOS2. The molecule has 0 heterocycles. The van der Waals surface area contributed by atoms with E-state index in [1.165, 1.54) is 41.7 Å². The molecule has 2 aromatic carbocycles. The van der Waals surface area contributed by atoms with Gasteiger partial charge in [-0.2, -0.15) is 0 Å². The van der Waals surface area contributed by atoms with Crippen molar-refractivity contribution in [3.8, 4) is 0 Å². The first kappa shape index (κ1) is 27.2. The molecule has 1 N–H and O–H groups in total. The van der Waals surface area contributed by atoms with Gasteiger partial charge in [0.15, 0.2) is 0 Å². The Bertz CT molecular complexity index is 947. The van der Waals surface area contributed by atoms with E-state index < -0.39 is 0 Å². The van der Waals surface area contributed by atoms with Crippen LogP contribution in [0.3, 0.4) is 0 Å². The Labute approximate surface area is 216 Å². The molecule has 2 nitrogen and oxygen atoms in total. The second-order valence-electron chi connectivity index (χ2n) is 11.9. The molecule has 34 heavy (non-hydrogen) atoms. The SMILES string of the molecule is Cc1cccc(C)c1NC(=O)CS[C@H]1CCCC[C@@H]1Sc1cc(C(C)(C)C)cc(C(C)(C)C)c1. The summed E-state index contributed by atoms with van der Waals surface area (Å²) in [6, 6.07) is 13.4. The van der Waals surface area contributed by atoms with E-state index in [1.54, 1.807) is 0 Å². The summed E-state index contributed by atoms with van der Waals surface area (Å²) in [6.07, 6.45) is 4.98. The fraction of sp³-hybridized carbons (Fsp3) is 0.567. The average molecular weight is 498 g/mol. The van der Waals surface area contributed by atoms with Crippen molar-refractivity contribution < 1.29 is 4.79 Å². The van der Waals surface area contributed by atoms with E-state index in [-0.39, 0.29) is 16.7 Å². The minimum atomic E-state index is 0.112. The zero-order valence-electron chi connectivity index (χ0n) is 22.4. The van der Waals surface area contributed by atoms with Gasteiger partial charge in [-0.25, -0.2) is 0 Å². The second kappa shape index (κ2) is 11.1. The summed E-state index contributed by atoms with van der Waals surface area (Å²) in [4.78, 5) is 14.2. The van der Waals surface area contributed by atoms with Gasteiger partial charge in [-0.1, -0.05) is 78.6 Å². The van der Waals surface area contributed by atoms with Gasteiger partial charge in [0, 0.05) is 21.1 Å². The fourth-order valence-electron chi connectivity index (χ4n) is 4.47. The molecule has 3 rings (SSSR count). The maximum Gasteiger partial charge on any atom is 0.234 e. The maximum absolute atomic E-state index is 12.8. The minimum absolute atomic E-state index is 0.112. The number of carbonyl (C=O) groups is 1. The molecule has 1 saturated carbocycles. The number of hydrogen-bond acceptors (Lipinski definition) is 3. The molecule has 1 fully saturated rings. The van der Waals surface area contributed by atoms with Crippen molar-refractivity contribution in [3.63, 3.8) is 0 Å². The molecule has 1 aliphatic carbocycles. The minimum Gasteiger partial charge on any atom is -0.325 e. The second-order valence-corrected chi connectivity index (χ2v) is 14.4. The average Bonchev–Trinajstić information content (AvgIpc) is 2.74. The van der Waals surface area contributed by atoms with Gasteiger partial charge in [-0.3, -0.25) is 4.79 Å². The Morgan fingerprint density at radius 1 is 0.882 bits per heavy atom. The van der Waals surface area contributed by atoms with E-state index in [1.807, 2.05) is 29.6 Å². The zero-order chi connectivity index (χ0) is 25.1. The van der Waals surface area contributed by atoms with Crippen molar-refractivity contribution in [3.05, 3.63) is 58.7 Å². The van der Waals surface area contributed by atoms with E-state index in [9.17, 15) is 4.79 Å². The third kappa shape index (κ3) is 7.31. The number of carbonyl (C=O) groups excluding carboxylic acids is 1. The number of hydrogen-bond donors (Lipinski definition) is 1. The van der Waals surface area contributed by atoms with Gasteiger partial charge in [0.25, 0.3) is 0 Å². The van der Waals surface area contributed by atoms with Gasteiger partial charge >= 0.3 is 0 Å². The van der Waals surface area contributed by atoms with Crippen LogP contribution in [0.1, 0.15) is 89.5 Å². The standard InChI is InChI=1S/C30H43NOS2/c1-20-12-11-13-21(2)28(20)31-27(32)19-33-25-14-9-10-15-26(25)34-24-17-22(29(3,4)5)16-23(18-24)30(6,7)8/h11-13,16-18,25-26H,9-10,14-15,19H2,1-8H3,(H,31,32)/t25-,26-/m0/s1. The lowest BCUT2D eigenvalue weighted by molar-refractivity contribution is -0.113. The normalized spacial score (nSPS) is 19.2. The number of thioether (sulfide) groups is 2. The van der Waals surface area contributed by atoms with Crippen molar-refractivity contribution in [2.24, 2.45) is 0 Å². The summed E-state index contributed by atoms with van der Waals surface area (Å²) >= 11 is 3.89. The Hall–Kier alpha value is -1.39. The summed E-state index contributed by atoms with van der Waals surface area (Å²) in [5.41, 5.74) is 6.30. The van der Waals surface area contributed by atoms with Crippen LogP contribution in [0.25, 0.3) is 0 Å². The number of nitrogens with one attached hydrogen (secondary N) is 1. The predicted octanol–water partition coefficient (Wildman–Crippen LogP) is 8.67. The summed E-state index contributed by atoms with van der Waals surface area (Å²) in [5, 5.41) is 4.23. The lowest BCUT2D eigenvalue weighted by Gasteiger charge is -2.32. The Morgan fingerprint density at radius 3 is 1.94 bits per heavy atom. The quantitative estimate of drug-likeness (QED) is 0.433. The molecule has 1 amide bonds. The van der Waals surface area contributed by atoms with Crippen molar-refractivity contribution >= 4 is 35.1 Å². The van der Waals surface area contributed by atoms with E-state index >= 15 is 0 Å². The number of amides is 1. The lowest BCUT2D eigenvalue weighted by Crippen LogP contribution is -2.27. The molecule has 0 aromatic heterocycles. The highest BCUT2D eigenvalue weighted by atomic mass is 32.2. The van der Waals surface area contributed by atoms with Gasteiger partial charge in [-0.15, -0.1) is 23.5 Å². The molecule has 0 bridgehead atoms. The summed E-state index contributed by atoms with van der Waals surface area (Å²) in [6.45, 7) is 17.9. The lowest BCUT2D eigenvalue weighted by atomic mass is 9.81. The van der Waals surface area contributed by atoms with Gasteiger partial charge in [0.05, 0.1) is 5.75 Å². The number of para-hydroxylation sites is 1. The predicted molar refractivity (Wildman–Crippen MR) is 153 cm³/mol. The Morgan fingerprint density at radius 2 is 1.41 bits per heavy atom. The van der Waals surface area contributed by atoms with Crippen molar-refractivity contribution in [1.82, 2.24) is 0 Å². The third-order valence-corrected chi connectivity index (χ3v) is 9.71. The van der Waals surface area contributed by atoms with Crippen LogP contribution in [0.5, 0.6) is 0 Å². The van der Waals surface area contributed by atoms with Crippen LogP contribution >= 0.6 is 23.5 Å². The number of aryl methyl sites for hydroxylation is 2. The van der Waals surface area contributed by atoms with Crippen LogP contribution in [0.2, 0.25) is 0 Å². The van der Waals surface area contributed by atoms with Gasteiger partial charge in [-0.05, 0) is 71.9 Å². The molecule has 4 heteroatoms. The Kier molecular flexibility index (Phi) is 8.90. The van der Waals surface area contributed by atoms with Crippen molar-refractivity contribution in [2.75, 3.05) is 11.1 Å². The van der Waals surface area contributed by atoms with Crippen molar-refractivity contribution in [2.45, 2.75) is 107 Å². The zero-order valence-corrected chi connectivity index (χ0v) is 24.0. The van der Waals surface area contributed by atoms with Crippen LogP contribution < -0.4 is 5.32 Å². The van der Waals surface area contributed by atoms with Crippen LogP contribution in [-0.2, 0) is 15.6 Å². The molecule has 0 aliphatic heterocycles. The fourth-order valence-corrected chi connectivity index (χ4v) is 7.30. The smallest absolute Gasteiger partial charge is 0.234 e. The first-order chi connectivity index (χ1) is 15.8.